The highest BCUT2D eigenvalue weighted by Gasteiger charge is 2.12. The van der Waals surface area contributed by atoms with Crippen LogP contribution in [-0.4, -0.2) is 18.3 Å². The van der Waals surface area contributed by atoms with Gasteiger partial charge >= 0.3 is 0 Å². The van der Waals surface area contributed by atoms with Gasteiger partial charge in [-0.15, -0.1) is 0 Å². The number of rotatable bonds is 4. The average Bonchev–Trinajstić information content (AvgIpc) is 2.18. The standard InChI is InChI=1S/C10H13BrClNO/c1-2-13-10(6-14)8-5-7(12)3-4-9(8)11/h3-5,10,13-14H,2,6H2,1H3. The van der Waals surface area contributed by atoms with Gasteiger partial charge in [0, 0.05) is 9.50 Å². The molecule has 0 fully saturated rings. The zero-order valence-corrected chi connectivity index (χ0v) is 10.3. The Balaban J connectivity index is 2.96. The minimum absolute atomic E-state index is 0.0620. The molecule has 0 aliphatic carbocycles. The maximum Gasteiger partial charge on any atom is 0.0626 e. The Hall–Kier alpha value is -0.0900. The highest BCUT2D eigenvalue weighted by Crippen LogP contribution is 2.26. The summed E-state index contributed by atoms with van der Waals surface area (Å²) in [6.45, 7) is 2.87. The van der Waals surface area contributed by atoms with Gasteiger partial charge in [-0.05, 0) is 30.3 Å². The molecule has 0 aromatic heterocycles. The molecule has 14 heavy (non-hydrogen) atoms. The van der Waals surface area contributed by atoms with E-state index in [0.717, 1.165) is 16.6 Å². The van der Waals surface area contributed by atoms with Crippen LogP contribution in [0.15, 0.2) is 22.7 Å². The van der Waals surface area contributed by atoms with Crippen LogP contribution in [0.5, 0.6) is 0 Å². The Morgan fingerprint density at radius 3 is 2.86 bits per heavy atom. The molecular weight excluding hydrogens is 265 g/mol. The Morgan fingerprint density at radius 1 is 1.57 bits per heavy atom. The second-order valence-electron chi connectivity index (χ2n) is 2.96. The number of halogens is 2. The zero-order chi connectivity index (χ0) is 10.6. The van der Waals surface area contributed by atoms with Gasteiger partial charge in [0.25, 0.3) is 0 Å². The van der Waals surface area contributed by atoms with Crippen molar-refractivity contribution in [3.63, 3.8) is 0 Å². The molecule has 1 aromatic rings. The van der Waals surface area contributed by atoms with Crippen LogP contribution >= 0.6 is 27.5 Å². The topological polar surface area (TPSA) is 32.3 Å². The Kier molecular flexibility index (Phi) is 4.89. The molecule has 4 heteroatoms. The molecule has 2 N–H and O–H groups in total. The van der Waals surface area contributed by atoms with Crippen LogP contribution in [0, 0.1) is 0 Å². The first-order chi connectivity index (χ1) is 6.69. The van der Waals surface area contributed by atoms with Crippen LogP contribution in [0.3, 0.4) is 0 Å². The van der Waals surface area contributed by atoms with Crippen molar-refractivity contribution >= 4 is 27.5 Å². The summed E-state index contributed by atoms with van der Waals surface area (Å²) in [6.07, 6.45) is 0. The van der Waals surface area contributed by atoms with Gasteiger partial charge in [0.05, 0.1) is 12.6 Å². The lowest BCUT2D eigenvalue weighted by atomic mass is 10.1. The van der Waals surface area contributed by atoms with Crippen LogP contribution in [0.2, 0.25) is 5.02 Å². The van der Waals surface area contributed by atoms with Crippen LogP contribution in [0.4, 0.5) is 0 Å². The van der Waals surface area contributed by atoms with Crippen molar-refractivity contribution in [2.24, 2.45) is 0 Å². The highest BCUT2D eigenvalue weighted by atomic mass is 79.9. The molecule has 1 rings (SSSR count). The molecule has 1 unspecified atom stereocenters. The van der Waals surface area contributed by atoms with Gasteiger partial charge < -0.3 is 10.4 Å². The smallest absolute Gasteiger partial charge is 0.0626 e. The Labute approximate surface area is 97.4 Å². The van der Waals surface area contributed by atoms with Crippen molar-refractivity contribution < 1.29 is 5.11 Å². The van der Waals surface area contributed by atoms with E-state index in [4.69, 9.17) is 11.6 Å². The second-order valence-corrected chi connectivity index (χ2v) is 4.25. The van der Waals surface area contributed by atoms with E-state index < -0.39 is 0 Å². The first-order valence-electron chi connectivity index (χ1n) is 4.48. The maximum absolute atomic E-state index is 9.20. The molecule has 0 saturated heterocycles. The van der Waals surface area contributed by atoms with E-state index in [0.29, 0.717) is 5.02 Å². The minimum Gasteiger partial charge on any atom is -0.394 e. The molecule has 0 heterocycles. The number of benzene rings is 1. The summed E-state index contributed by atoms with van der Waals surface area (Å²) in [5, 5.41) is 13.1. The molecule has 0 spiro atoms. The highest BCUT2D eigenvalue weighted by molar-refractivity contribution is 9.10. The number of nitrogens with one attached hydrogen (secondary N) is 1. The predicted molar refractivity (Wildman–Crippen MR) is 62.7 cm³/mol. The zero-order valence-electron chi connectivity index (χ0n) is 7.93. The van der Waals surface area contributed by atoms with Gasteiger partial charge in [-0.3, -0.25) is 0 Å². The van der Waals surface area contributed by atoms with Crippen LogP contribution < -0.4 is 5.32 Å². The third-order valence-corrected chi connectivity index (χ3v) is 2.92. The SMILES string of the molecule is CCNC(CO)c1cc(Cl)ccc1Br. The molecule has 1 atom stereocenters. The van der Waals surface area contributed by atoms with Crippen LogP contribution in [-0.2, 0) is 0 Å². The van der Waals surface area contributed by atoms with Gasteiger partial charge in [0.2, 0.25) is 0 Å². The van der Waals surface area contributed by atoms with E-state index in [1.807, 2.05) is 25.1 Å². The van der Waals surface area contributed by atoms with Crippen molar-refractivity contribution in [1.82, 2.24) is 5.32 Å². The quantitative estimate of drug-likeness (QED) is 0.887. The average molecular weight is 279 g/mol. The summed E-state index contributed by atoms with van der Waals surface area (Å²) in [4.78, 5) is 0. The third kappa shape index (κ3) is 2.95. The lowest BCUT2D eigenvalue weighted by Crippen LogP contribution is -2.24. The largest absolute Gasteiger partial charge is 0.394 e. The fraction of sp³-hybridized carbons (Fsp3) is 0.400. The molecule has 0 aliphatic rings. The molecule has 2 nitrogen and oxygen atoms in total. The first-order valence-corrected chi connectivity index (χ1v) is 5.65. The van der Waals surface area contributed by atoms with Crippen LogP contribution in [0.1, 0.15) is 18.5 Å². The number of likely N-dealkylation sites (N-methyl/N-ethyl adjacent to an activating group) is 1. The van der Waals surface area contributed by atoms with Gasteiger partial charge in [-0.1, -0.05) is 34.5 Å². The van der Waals surface area contributed by atoms with E-state index in [9.17, 15) is 5.11 Å². The van der Waals surface area contributed by atoms with E-state index in [2.05, 4.69) is 21.2 Å². The number of aliphatic hydroxyl groups is 1. The summed E-state index contributed by atoms with van der Waals surface area (Å²) >= 11 is 9.32. The minimum atomic E-state index is -0.0620. The molecule has 0 saturated carbocycles. The van der Waals surface area contributed by atoms with Gasteiger partial charge in [0.15, 0.2) is 0 Å². The summed E-state index contributed by atoms with van der Waals surface area (Å²) < 4.78 is 0.960. The Morgan fingerprint density at radius 2 is 2.29 bits per heavy atom. The lowest BCUT2D eigenvalue weighted by molar-refractivity contribution is 0.246. The van der Waals surface area contributed by atoms with E-state index in [-0.39, 0.29) is 12.6 Å². The summed E-state index contributed by atoms with van der Waals surface area (Å²) in [6, 6.07) is 5.50. The van der Waals surface area contributed by atoms with E-state index in [1.54, 1.807) is 0 Å². The van der Waals surface area contributed by atoms with Crippen molar-refractivity contribution in [3.8, 4) is 0 Å². The second kappa shape index (κ2) is 5.71. The molecule has 0 amide bonds. The number of hydrogen-bond donors (Lipinski definition) is 2. The fourth-order valence-electron chi connectivity index (χ4n) is 1.30. The summed E-state index contributed by atoms with van der Waals surface area (Å²) in [5.74, 6) is 0. The Bertz CT molecular complexity index is 306. The normalized spacial score (nSPS) is 12.9. The van der Waals surface area contributed by atoms with Gasteiger partial charge in [-0.2, -0.15) is 0 Å². The summed E-state index contributed by atoms with van der Waals surface area (Å²) in [7, 11) is 0. The molecule has 0 aliphatic heterocycles. The number of hydrogen-bond acceptors (Lipinski definition) is 2. The van der Waals surface area contributed by atoms with E-state index >= 15 is 0 Å². The molecular formula is C10H13BrClNO. The third-order valence-electron chi connectivity index (χ3n) is 1.97. The van der Waals surface area contributed by atoms with Crippen molar-refractivity contribution in [2.45, 2.75) is 13.0 Å². The molecule has 0 radical (unpaired) electrons. The molecule has 0 bridgehead atoms. The predicted octanol–water partition coefficient (Wildman–Crippen LogP) is 2.75. The lowest BCUT2D eigenvalue weighted by Gasteiger charge is -2.17. The first kappa shape index (κ1) is 12.0. The van der Waals surface area contributed by atoms with Gasteiger partial charge in [0.1, 0.15) is 0 Å². The monoisotopic (exact) mass is 277 g/mol. The molecule has 1 aromatic carbocycles. The van der Waals surface area contributed by atoms with Crippen molar-refractivity contribution in [3.05, 3.63) is 33.3 Å². The van der Waals surface area contributed by atoms with Crippen LogP contribution in [0.25, 0.3) is 0 Å². The van der Waals surface area contributed by atoms with Crippen molar-refractivity contribution in [1.29, 1.82) is 0 Å². The van der Waals surface area contributed by atoms with E-state index in [1.165, 1.54) is 0 Å². The molecule has 78 valence electrons. The fourth-order valence-corrected chi connectivity index (χ4v) is 2.00. The van der Waals surface area contributed by atoms with Gasteiger partial charge in [-0.25, -0.2) is 0 Å². The number of aliphatic hydroxyl groups excluding tert-OH is 1. The summed E-state index contributed by atoms with van der Waals surface area (Å²) in [5.41, 5.74) is 0.988. The van der Waals surface area contributed by atoms with Crippen molar-refractivity contribution in [2.75, 3.05) is 13.2 Å². The maximum atomic E-state index is 9.20.